The van der Waals surface area contributed by atoms with Crippen LogP contribution in [0.15, 0.2) is 0 Å². The molecule has 3 atom stereocenters. The van der Waals surface area contributed by atoms with E-state index in [1.165, 1.54) is 0 Å². The molecule has 0 aliphatic heterocycles. The van der Waals surface area contributed by atoms with Gasteiger partial charge in [-0.3, -0.25) is 4.21 Å². The quantitative estimate of drug-likeness (QED) is 0.772. The molecule has 0 aromatic heterocycles. The molecule has 2 nitrogen and oxygen atoms in total. The van der Waals surface area contributed by atoms with Gasteiger partial charge in [-0.05, 0) is 33.6 Å². The Bertz CT molecular complexity index is 186. The molecule has 0 fully saturated rings. The number of hydrogen-bond acceptors (Lipinski definition) is 2. The lowest BCUT2D eigenvalue weighted by Gasteiger charge is -2.29. The molecular formula is C11H25NOS. The Kier molecular flexibility index (Phi) is 5.91. The van der Waals surface area contributed by atoms with Crippen LogP contribution in [0.4, 0.5) is 0 Å². The molecule has 86 valence electrons. The second kappa shape index (κ2) is 5.86. The molecule has 0 saturated heterocycles. The molecule has 3 heteroatoms. The first-order valence-corrected chi connectivity index (χ1v) is 6.72. The highest BCUT2D eigenvalue weighted by molar-refractivity contribution is 7.87. The molecule has 0 rings (SSSR count). The summed E-state index contributed by atoms with van der Waals surface area (Å²) in [7, 11) is -0.832. The van der Waals surface area contributed by atoms with E-state index >= 15 is 0 Å². The van der Waals surface area contributed by atoms with Crippen molar-refractivity contribution in [2.24, 2.45) is 5.73 Å². The Morgan fingerprint density at radius 1 is 1.29 bits per heavy atom. The number of nitrogens with two attached hydrogens (primary N) is 1. The summed E-state index contributed by atoms with van der Waals surface area (Å²) >= 11 is 0. The van der Waals surface area contributed by atoms with Crippen LogP contribution in [0, 0.1) is 0 Å². The summed E-state index contributed by atoms with van der Waals surface area (Å²) in [6, 6.07) is 0.0880. The topological polar surface area (TPSA) is 43.1 Å². The standard InChI is InChI=1S/C11H25NOS/c1-6-8-9(12)10(7-2)14(13)11(3,4)5/h9-10H,6-8,12H2,1-5H3. The van der Waals surface area contributed by atoms with Gasteiger partial charge in [-0.2, -0.15) is 0 Å². The molecular weight excluding hydrogens is 194 g/mol. The van der Waals surface area contributed by atoms with E-state index in [4.69, 9.17) is 5.73 Å². The van der Waals surface area contributed by atoms with Crippen molar-refractivity contribution in [3.63, 3.8) is 0 Å². The first-order chi connectivity index (χ1) is 6.34. The van der Waals surface area contributed by atoms with E-state index in [0.29, 0.717) is 0 Å². The van der Waals surface area contributed by atoms with Gasteiger partial charge in [0.1, 0.15) is 0 Å². The van der Waals surface area contributed by atoms with E-state index < -0.39 is 10.8 Å². The Morgan fingerprint density at radius 2 is 1.79 bits per heavy atom. The summed E-state index contributed by atoms with van der Waals surface area (Å²) in [6.45, 7) is 10.2. The summed E-state index contributed by atoms with van der Waals surface area (Å²) in [5.41, 5.74) is 6.04. The molecule has 3 unspecified atom stereocenters. The normalized spacial score (nSPS) is 19.0. The fraction of sp³-hybridized carbons (Fsp3) is 1.00. The van der Waals surface area contributed by atoms with Crippen LogP contribution in [0.5, 0.6) is 0 Å². The minimum absolute atomic E-state index is 0.0880. The van der Waals surface area contributed by atoms with Gasteiger partial charge in [-0.15, -0.1) is 0 Å². The second-order valence-corrected chi connectivity index (χ2v) is 7.23. The Labute approximate surface area is 91.1 Å². The van der Waals surface area contributed by atoms with Gasteiger partial charge in [-0.1, -0.05) is 20.3 Å². The summed E-state index contributed by atoms with van der Waals surface area (Å²) in [4.78, 5) is 0. The SMILES string of the molecule is CCCC(N)C(CC)S(=O)C(C)(C)C. The predicted molar refractivity (Wildman–Crippen MR) is 64.9 cm³/mol. The largest absolute Gasteiger partial charge is 0.327 e. The monoisotopic (exact) mass is 219 g/mol. The van der Waals surface area contributed by atoms with Crippen molar-refractivity contribution >= 4 is 10.8 Å². The molecule has 0 spiro atoms. The lowest BCUT2D eigenvalue weighted by Crippen LogP contribution is -2.43. The van der Waals surface area contributed by atoms with Crippen LogP contribution in [0.2, 0.25) is 0 Å². The van der Waals surface area contributed by atoms with Crippen molar-refractivity contribution in [2.45, 2.75) is 69.9 Å². The van der Waals surface area contributed by atoms with Gasteiger partial charge in [0.05, 0.1) is 5.25 Å². The van der Waals surface area contributed by atoms with Gasteiger partial charge >= 0.3 is 0 Å². The molecule has 0 heterocycles. The molecule has 0 amide bonds. The fourth-order valence-electron chi connectivity index (χ4n) is 1.59. The van der Waals surface area contributed by atoms with Gasteiger partial charge < -0.3 is 5.73 Å². The highest BCUT2D eigenvalue weighted by Crippen LogP contribution is 2.21. The summed E-state index contributed by atoms with van der Waals surface area (Å²) in [6.07, 6.45) is 2.95. The maximum Gasteiger partial charge on any atom is 0.0501 e. The van der Waals surface area contributed by atoms with Gasteiger partial charge in [0.15, 0.2) is 0 Å². The molecule has 14 heavy (non-hydrogen) atoms. The first-order valence-electron chi connectivity index (χ1n) is 5.50. The average molecular weight is 219 g/mol. The van der Waals surface area contributed by atoms with Crippen LogP contribution < -0.4 is 5.73 Å². The zero-order chi connectivity index (χ0) is 11.4. The lowest BCUT2D eigenvalue weighted by molar-refractivity contribution is 0.538. The smallest absolute Gasteiger partial charge is 0.0501 e. The zero-order valence-corrected chi connectivity index (χ0v) is 11.0. The zero-order valence-electron chi connectivity index (χ0n) is 10.2. The van der Waals surface area contributed by atoms with Crippen molar-refractivity contribution in [3.05, 3.63) is 0 Å². The van der Waals surface area contributed by atoms with Gasteiger partial charge in [-0.25, -0.2) is 0 Å². The minimum atomic E-state index is -0.832. The van der Waals surface area contributed by atoms with Crippen LogP contribution >= 0.6 is 0 Å². The lowest BCUT2D eigenvalue weighted by atomic mass is 10.1. The van der Waals surface area contributed by atoms with Crippen LogP contribution in [0.3, 0.4) is 0 Å². The van der Waals surface area contributed by atoms with E-state index in [2.05, 4.69) is 13.8 Å². The molecule has 0 aromatic carbocycles. The van der Waals surface area contributed by atoms with Crippen molar-refractivity contribution < 1.29 is 4.21 Å². The minimum Gasteiger partial charge on any atom is -0.327 e. The number of hydrogen-bond donors (Lipinski definition) is 1. The van der Waals surface area contributed by atoms with Gasteiger partial charge in [0, 0.05) is 21.6 Å². The Morgan fingerprint density at radius 3 is 2.07 bits per heavy atom. The third-order valence-corrected chi connectivity index (χ3v) is 4.82. The number of rotatable bonds is 5. The van der Waals surface area contributed by atoms with Crippen molar-refractivity contribution in [2.75, 3.05) is 0 Å². The van der Waals surface area contributed by atoms with Gasteiger partial charge in [0.2, 0.25) is 0 Å². The van der Waals surface area contributed by atoms with E-state index in [1.54, 1.807) is 0 Å². The molecule has 0 radical (unpaired) electrons. The molecule has 0 aromatic rings. The predicted octanol–water partition coefficient (Wildman–Crippen LogP) is 2.44. The summed E-state index contributed by atoms with van der Waals surface area (Å²) in [5.74, 6) is 0. The molecule has 2 N–H and O–H groups in total. The van der Waals surface area contributed by atoms with Crippen molar-refractivity contribution in [1.82, 2.24) is 0 Å². The van der Waals surface area contributed by atoms with Crippen LogP contribution in [0.1, 0.15) is 53.9 Å². The summed E-state index contributed by atoms with van der Waals surface area (Å²) in [5, 5.41) is 0.148. The maximum absolute atomic E-state index is 12.1. The maximum atomic E-state index is 12.1. The molecule has 0 bridgehead atoms. The Balaban J connectivity index is 4.48. The molecule has 0 aliphatic carbocycles. The summed E-state index contributed by atoms with van der Waals surface area (Å²) < 4.78 is 12.0. The third-order valence-electron chi connectivity index (χ3n) is 2.38. The van der Waals surface area contributed by atoms with Crippen LogP contribution in [0.25, 0.3) is 0 Å². The molecule has 0 aliphatic rings. The van der Waals surface area contributed by atoms with Gasteiger partial charge in [0.25, 0.3) is 0 Å². The fourth-order valence-corrected chi connectivity index (χ4v) is 3.25. The first kappa shape index (κ1) is 14.1. The van der Waals surface area contributed by atoms with Crippen molar-refractivity contribution in [3.8, 4) is 0 Å². The average Bonchev–Trinajstić information content (AvgIpc) is 2.04. The van der Waals surface area contributed by atoms with E-state index in [0.717, 1.165) is 19.3 Å². The van der Waals surface area contributed by atoms with Crippen LogP contribution in [-0.4, -0.2) is 20.2 Å². The van der Waals surface area contributed by atoms with E-state index in [1.807, 2.05) is 20.8 Å². The third kappa shape index (κ3) is 4.09. The highest BCUT2D eigenvalue weighted by Gasteiger charge is 2.30. The Hall–Kier alpha value is 0.110. The van der Waals surface area contributed by atoms with Crippen molar-refractivity contribution in [1.29, 1.82) is 0 Å². The highest BCUT2D eigenvalue weighted by atomic mass is 32.2. The second-order valence-electron chi connectivity index (χ2n) is 4.81. The van der Waals surface area contributed by atoms with Crippen LogP contribution in [-0.2, 0) is 10.8 Å². The van der Waals surface area contributed by atoms with E-state index in [9.17, 15) is 4.21 Å². The van der Waals surface area contributed by atoms with E-state index in [-0.39, 0.29) is 16.0 Å². The molecule has 0 saturated carbocycles.